The van der Waals surface area contributed by atoms with Crippen LogP contribution in [0.2, 0.25) is 0 Å². The summed E-state index contributed by atoms with van der Waals surface area (Å²) in [4.78, 5) is 35.3. The van der Waals surface area contributed by atoms with E-state index in [2.05, 4.69) is 15.4 Å². The number of alkyl halides is 3. The number of amides is 1. The number of carbonyl (C=O) groups excluding carboxylic acids is 1. The summed E-state index contributed by atoms with van der Waals surface area (Å²) in [6, 6.07) is 9.29. The lowest BCUT2D eigenvalue weighted by Gasteiger charge is -2.29. The van der Waals surface area contributed by atoms with Gasteiger partial charge in [0, 0.05) is 24.8 Å². The van der Waals surface area contributed by atoms with Gasteiger partial charge in [-0.2, -0.15) is 23.5 Å². The summed E-state index contributed by atoms with van der Waals surface area (Å²) >= 11 is 0. The van der Waals surface area contributed by atoms with Crippen molar-refractivity contribution in [1.29, 1.82) is 5.26 Å². The van der Waals surface area contributed by atoms with Gasteiger partial charge in [0.05, 0.1) is 47.1 Å². The predicted octanol–water partition coefficient (Wildman–Crippen LogP) is 5.56. The smallest absolute Gasteiger partial charge is 0.417 e. The number of hydrogen-bond acceptors (Lipinski definition) is 7. The van der Waals surface area contributed by atoms with Crippen molar-refractivity contribution in [2.75, 3.05) is 16.8 Å². The number of hydrogen-bond donors (Lipinski definition) is 2. The molecule has 2 aromatic carbocycles. The van der Waals surface area contributed by atoms with E-state index in [1.165, 1.54) is 15.6 Å². The Bertz CT molecular complexity index is 1820. The molecule has 1 fully saturated rings. The number of nitriles is 1. The number of rotatable bonds is 9. The van der Waals surface area contributed by atoms with Crippen molar-refractivity contribution in [3.8, 4) is 23.2 Å². The first-order valence-corrected chi connectivity index (χ1v) is 14.4. The maximum Gasteiger partial charge on any atom is 0.417 e. The maximum absolute atomic E-state index is 13.7. The average molecular weight is 608 g/mol. The summed E-state index contributed by atoms with van der Waals surface area (Å²) < 4.78 is 48.4. The van der Waals surface area contributed by atoms with Crippen LogP contribution < -0.4 is 20.5 Å². The SMILES string of the molecule is CCCc1nn(C)c2c(=O)[nH]c(-c3cc(N[C@H]4CC(=O)N(c5ccc(C#N)c(C(F)(F)F)c5)[C@H]4CC)ccc3OCC)nc12. The minimum Gasteiger partial charge on any atom is -0.493 e. The largest absolute Gasteiger partial charge is 0.493 e. The molecule has 3 heterocycles. The third kappa shape index (κ3) is 5.59. The number of ether oxygens (including phenoxy) is 1. The van der Waals surface area contributed by atoms with Crippen LogP contribution >= 0.6 is 0 Å². The third-order valence-electron chi connectivity index (χ3n) is 7.72. The van der Waals surface area contributed by atoms with Crippen molar-refractivity contribution in [3.63, 3.8) is 0 Å². The number of aromatic amines is 1. The van der Waals surface area contributed by atoms with Crippen LogP contribution in [0.5, 0.6) is 5.75 Å². The molecule has 1 aliphatic heterocycles. The monoisotopic (exact) mass is 607 g/mol. The molecule has 1 aliphatic rings. The molecule has 2 atom stereocenters. The molecule has 5 rings (SSSR count). The number of H-pyrrole nitrogens is 1. The van der Waals surface area contributed by atoms with Crippen molar-refractivity contribution in [2.45, 2.75) is 64.7 Å². The van der Waals surface area contributed by atoms with Crippen molar-refractivity contribution < 1.29 is 22.7 Å². The van der Waals surface area contributed by atoms with E-state index >= 15 is 0 Å². The second-order valence-corrected chi connectivity index (χ2v) is 10.6. The van der Waals surface area contributed by atoms with Crippen molar-refractivity contribution in [1.82, 2.24) is 19.7 Å². The Kier molecular flexibility index (Phi) is 8.36. The van der Waals surface area contributed by atoms with Gasteiger partial charge in [0.25, 0.3) is 5.56 Å². The average Bonchev–Trinajstić information content (AvgIpc) is 3.48. The summed E-state index contributed by atoms with van der Waals surface area (Å²) in [5, 5.41) is 17.0. The standard InChI is InChI=1S/C31H32F3N7O3/c1-5-8-22-27-28(40(4)39-22)30(43)38-29(37-27)20-13-18(10-12-25(20)44-7-3)36-23-15-26(42)41(24(23)6-2)19-11-9-17(16-35)21(14-19)31(32,33)34/h9-14,23-24,36H,5-8,15H2,1-4H3,(H,37,38,43)/t23-,24-/m0/s1. The number of anilines is 2. The number of benzene rings is 2. The molecule has 0 aliphatic carbocycles. The first-order chi connectivity index (χ1) is 21.0. The Balaban J connectivity index is 1.51. The van der Waals surface area contributed by atoms with E-state index in [9.17, 15) is 28.0 Å². The zero-order valence-electron chi connectivity index (χ0n) is 24.7. The topological polar surface area (TPSA) is 129 Å². The van der Waals surface area contributed by atoms with E-state index in [4.69, 9.17) is 9.72 Å². The van der Waals surface area contributed by atoms with Crippen molar-refractivity contribution in [2.24, 2.45) is 7.05 Å². The molecule has 0 unspecified atom stereocenters. The van der Waals surface area contributed by atoms with Crippen LogP contribution in [-0.4, -0.2) is 44.3 Å². The first-order valence-electron chi connectivity index (χ1n) is 14.4. The van der Waals surface area contributed by atoms with E-state index in [-0.39, 0.29) is 23.6 Å². The van der Waals surface area contributed by atoms with Crippen LogP contribution in [-0.2, 0) is 24.4 Å². The van der Waals surface area contributed by atoms with Crippen LogP contribution in [0.4, 0.5) is 24.5 Å². The summed E-state index contributed by atoms with van der Waals surface area (Å²) in [5.74, 6) is 0.457. The minimum absolute atomic E-state index is 0.0412. The lowest BCUT2D eigenvalue weighted by Crippen LogP contribution is -2.39. The summed E-state index contributed by atoms with van der Waals surface area (Å²) in [5.41, 5.74) is 0.896. The quantitative estimate of drug-likeness (QED) is 0.255. The zero-order chi connectivity index (χ0) is 31.8. The van der Waals surface area contributed by atoms with Crippen LogP contribution in [0.15, 0.2) is 41.2 Å². The van der Waals surface area contributed by atoms with E-state index in [1.54, 1.807) is 31.3 Å². The Morgan fingerprint density at radius 2 is 1.93 bits per heavy atom. The van der Waals surface area contributed by atoms with E-state index in [0.717, 1.165) is 24.2 Å². The number of halogens is 3. The highest BCUT2D eigenvalue weighted by Crippen LogP contribution is 2.38. The molecule has 13 heteroatoms. The molecule has 1 amide bonds. The van der Waals surface area contributed by atoms with E-state index in [0.29, 0.717) is 53.3 Å². The van der Waals surface area contributed by atoms with Crippen LogP contribution in [0, 0.1) is 11.3 Å². The molecule has 0 saturated carbocycles. The lowest BCUT2D eigenvalue weighted by molar-refractivity contribution is -0.137. The van der Waals surface area contributed by atoms with Crippen molar-refractivity contribution in [3.05, 3.63) is 63.6 Å². The number of carbonyl (C=O) groups is 1. The number of aryl methyl sites for hydroxylation is 2. The Morgan fingerprint density at radius 1 is 1.16 bits per heavy atom. The number of fused-ring (bicyclic) bond motifs is 1. The molecule has 2 N–H and O–H groups in total. The molecule has 10 nitrogen and oxygen atoms in total. The number of aromatic nitrogens is 4. The van der Waals surface area contributed by atoms with Crippen LogP contribution in [0.3, 0.4) is 0 Å². The maximum atomic E-state index is 13.7. The van der Waals surface area contributed by atoms with E-state index in [1.807, 2.05) is 20.8 Å². The molecule has 44 heavy (non-hydrogen) atoms. The second-order valence-electron chi connectivity index (χ2n) is 10.6. The van der Waals surface area contributed by atoms with Gasteiger partial charge < -0.3 is 19.9 Å². The summed E-state index contributed by atoms with van der Waals surface area (Å²) in [6.07, 6.45) is -2.76. The van der Waals surface area contributed by atoms with Crippen molar-refractivity contribution >= 4 is 28.3 Å². The molecule has 4 aromatic rings. The molecule has 230 valence electrons. The predicted molar refractivity (Wildman–Crippen MR) is 159 cm³/mol. The molecular weight excluding hydrogens is 575 g/mol. The Hall–Kier alpha value is -4.86. The second kappa shape index (κ2) is 12.0. The van der Waals surface area contributed by atoms with Gasteiger partial charge in [-0.1, -0.05) is 20.3 Å². The van der Waals surface area contributed by atoms with Gasteiger partial charge in [0.2, 0.25) is 5.91 Å². The third-order valence-corrected chi connectivity index (χ3v) is 7.72. The number of nitrogens with one attached hydrogen (secondary N) is 2. The van der Waals surface area contributed by atoms with Gasteiger partial charge in [0.1, 0.15) is 17.1 Å². The summed E-state index contributed by atoms with van der Waals surface area (Å²) in [6.45, 7) is 6.09. The van der Waals surface area contributed by atoms with Gasteiger partial charge in [0.15, 0.2) is 5.52 Å². The lowest BCUT2D eigenvalue weighted by atomic mass is 10.0. The molecule has 2 aromatic heterocycles. The normalized spacial score (nSPS) is 16.9. The fraction of sp³-hybridized carbons (Fsp3) is 0.387. The fourth-order valence-electron chi connectivity index (χ4n) is 5.83. The molecule has 0 spiro atoms. The molecule has 0 radical (unpaired) electrons. The van der Waals surface area contributed by atoms with Crippen LogP contribution in [0.25, 0.3) is 22.4 Å². The van der Waals surface area contributed by atoms with Gasteiger partial charge in [-0.25, -0.2) is 4.98 Å². The van der Waals surface area contributed by atoms with Crippen LogP contribution in [0.1, 0.15) is 56.9 Å². The van der Waals surface area contributed by atoms with Gasteiger partial charge >= 0.3 is 6.18 Å². The highest BCUT2D eigenvalue weighted by atomic mass is 19.4. The Labute approximate surface area is 251 Å². The first kappa shape index (κ1) is 30.6. The highest BCUT2D eigenvalue weighted by Gasteiger charge is 2.41. The van der Waals surface area contributed by atoms with Gasteiger partial charge in [-0.3, -0.25) is 14.3 Å². The zero-order valence-corrected chi connectivity index (χ0v) is 24.7. The van der Waals surface area contributed by atoms with Gasteiger partial charge in [-0.05, 0) is 56.2 Å². The van der Waals surface area contributed by atoms with E-state index < -0.39 is 29.4 Å². The minimum atomic E-state index is -4.74. The molecule has 0 bridgehead atoms. The highest BCUT2D eigenvalue weighted by molar-refractivity contribution is 5.98. The fourth-order valence-corrected chi connectivity index (χ4v) is 5.83. The number of nitrogens with zero attached hydrogens (tertiary/aromatic N) is 5. The van der Waals surface area contributed by atoms with Gasteiger partial charge in [-0.15, -0.1) is 0 Å². The molecular formula is C31H32F3N7O3. The summed E-state index contributed by atoms with van der Waals surface area (Å²) in [7, 11) is 1.70. The molecule has 1 saturated heterocycles. The Morgan fingerprint density at radius 3 is 2.59 bits per heavy atom.